The Bertz CT molecular complexity index is 618. The van der Waals surface area contributed by atoms with Gasteiger partial charge in [-0.15, -0.1) is 0 Å². The van der Waals surface area contributed by atoms with E-state index in [1.54, 1.807) is 22.8 Å². The van der Waals surface area contributed by atoms with E-state index in [1.165, 1.54) is 0 Å². The van der Waals surface area contributed by atoms with Crippen LogP contribution in [0.3, 0.4) is 0 Å². The number of nitrogens with zero attached hydrogens (tertiary/aromatic N) is 3. The predicted octanol–water partition coefficient (Wildman–Crippen LogP) is 2.35. The Kier molecular flexibility index (Phi) is 3.57. The third-order valence-electron chi connectivity index (χ3n) is 3.76. The third-order valence-corrected chi connectivity index (χ3v) is 3.76. The van der Waals surface area contributed by atoms with E-state index in [4.69, 9.17) is 0 Å². The van der Waals surface area contributed by atoms with E-state index in [9.17, 15) is 9.90 Å². The topological polar surface area (TPSA) is 57.8 Å². The predicted molar refractivity (Wildman–Crippen MR) is 73.6 cm³/mol. The zero-order valence-corrected chi connectivity index (χ0v) is 11.7. The number of rotatable bonds is 4. The molecule has 0 spiro atoms. The van der Waals surface area contributed by atoms with Crippen LogP contribution in [0.25, 0.3) is 5.52 Å². The number of fused-ring (bicyclic) bond motifs is 1. The molecule has 0 saturated carbocycles. The number of aromatic nitrogens is 2. The van der Waals surface area contributed by atoms with Crippen LogP contribution >= 0.6 is 0 Å². The Balaban J connectivity index is 2.74. The molecule has 0 aliphatic heterocycles. The van der Waals surface area contributed by atoms with Crippen LogP contribution in [-0.4, -0.2) is 39.2 Å². The standard InChI is InChI=1S/C14H19N3O2/c1-5-16(4)10(3)13-9(2)12(14(18)19)11-7-6-8-15-17(11)13/h6-8,10H,5H2,1-4H3,(H,18,19). The summed E-state index contributed by atoms with van der Waals surface area (Å²) in [5.74, 6) is -0.902. The molecule has 2 heterocycles. The van der Waals surface area contributed by atoms with Gasteiger partial charge in [0.05, 0.1) is 16.8 Å². The second kappa shape index (κ2) is 5.01. The molecule has 0 aliphatic rings. The van der Waals surface area contributed by atoms with E-state index in [2.05, 4.69) is 23.8 Å². The molecule has 2 rings (SSSR count). The van der Waals surface area contributed by atoms with Gasteiger partial charge in [-0.25, -0.2) is 9.31 Å². The number of hydrogen-bond donors (Lipinski definition) is 1. The largest absolute Gasteiger partial charge is 0.478 e. The number of hydrogen-bond acceptors (Lipinski definition) is 3. The van der Waals surface area contributed by atoms with Crippen LogP contribution in [-0.2, 0) is 0 Å². The summed E-state index contributed by atoms with van der Waals surface area (Å²) in [7, 11) is 2.02. The second-order valence-corrected chi connectivity index (χ2v) is 4.76. The first-order valence-electron chi connectivity index (χ1n) is 6.38. The van der Waals surface area contributed by atoms with Gasteiger partial charge in [-0.3, -0.25) is 4.90 Å². The summed E-state index contributed by atoms with van der Waals surface area (Å²) in [6, 6.07) is 3.67. The summed E-state index contributed by atoms with van der Waals surface area (Å²) >= 11 is 0. The summed E-state index contributed by atoms with van der Waals surface area (Å²) < 4.78 is 1.75. The lowest BCUT2D eigenvalue weighted by Crippen LogP contribution is -2.23. The van der Waals surface area contributed by atoms with Gasteiger partial charge in [0.15, 0.2) is 0 Å². The van der Waals surface area contributed by atoms with Gasteiger partial charge in [0.2, 0.25) is 0 Å². The van der Waals surface area contributed by atoms with Gasteiger partial charge in [-0.1, -0.05) is 6.92 Å². The first-order chi connectivity index (χ1) is 8.99. The van der Waals surface area contributed by atoms with Crippen molar-refractivity contribution in [2.45, 2.75) is 26.8 Å². The number of carboxylic acids is 1. The van der Waals surface area contributed by atoms with Crippen LogP contribution in [0.1, 0.15) is 41.5 Å². The van der Waals surface area contributed by atoms with Gasteiger partial charge in [0.1, 0.15) is 0 Å². The fraction of sp³-hybridized carbons (Fsp3) is 0.429. The highest BCUT2D eigenvalue weighted by Gasteiger charge is 2.25. The lowest BCUT2D eigenvalue weighted by atomic mass is 10.1. The average molecular weight is 261 g/mol. The van der Waals surface area contributed by atoms with Crippen molar-refractivity contribution in [3.8, 4) is 0 Å². The third kappa shape index (κ3) is 2.10. The highest BCUT2D eigenvalue weighted by Crippen LogP contribution is 2.29. The summed E-state index contributed by atoms with van der Waals surface area (Å²) in [5, 5.41) is 13.7. The molecule has 0 aromatic carbocycles. The monoisotopic (exact) mass is 261 g/mol. The van der Waals surface area contributed by atoms with Crippen molar-refractivity contribution in [2.24, 2.45) is 0 Å². The van der Waals surface area contributed by atoms with Crippen LogP contribution in [0.4, 0.5) is 0 Å². The molecule has 0 bridgehead atoms. The lowest BCUT2D eigenvalue weighted by Gasteiger charge is -2.23. The van der Waals surface area contributed by atoms with Crippen molar-refractivity contribution < 1.29 is 9.90 Å². The molecule has 2 aromatic rings. The molecule has 1 N–H and O–H groups in total. The highest BCUT2D eigenvalue weighted by atomic mass is 16.4. The van der Waals surface area contributed by atoms with Gasteiger partial charge >= 0.3 is 5.97 Å². The highest BCUT2D eigenvalue weighted by molar-refractivity contribution is 5.98. The van der Waals surface area contributed by atoms with E-state index in [-0.39, 0.29) is 6.04 Å². The van der Waals surface area contributed by atoms with Crippen LogP contribution in [0.15, 0.2) is 18.3 Å². The Morgan fingerprint density at radius 3 is 2.84 bits per heavy atom. The van der Waals surface area contributed by atoms with Gasteiger partial charge < -0.3 is 5.11 Å². The molecule has 0 amide bonds. The number of aromatic carboxylic acids is 1. The Labute approximate surface area is 112 Å². The maximum absolute atomic E-state index is 11.5. The van der Waals surface area contributed by atoms with E-state index in [0.29, 0.717) is 11.1 Å². The first-order valence-corrected chi connectivity index (χ1v) is 6.38. The van der Waals surface area contributed by atoms with Crippen molar-refractivity contribution in [3.63, 3.8) is 0 Å². The second-order valence-electron chi connectivity index (χ2n) is 4.76. The molecule has 0 aliphatic carbocycles. The van der Waals surface area contributed by atoms with Crippen molar-refractivity contribution in [1.82, 2.24) is 14.5 Å². The molecule has 5 heteroatoms. The molecular formula is C14H19N3O2. The molecule has 0 fully saturated rings. The normalized spacial score (nSPS) is 13.1. The van der Waals surface area contributed by atoms with E-state index < -0.39 is 5.97 Å². The van der Waals surface area contributed by atoms with Crippen molar-refractivity contribution >= 4 is 11.5 Å². The number of carboxylic acid groups (broad SMARTS) is 1. The SMILES string of the molecule is CCN(C)C(C)c1c(C)c(C(=O)O)c2cccnn12. The molecule has 0 saturated heterocycles. The molecule has 19 heavy (non-hydrogen) atoms. The zero-order chi connectivity index (χ0) is 14.2. The fourth-order valence-corrected chi connectivity index (χ4v) is 2.48. The minimum atomic E-state index is -0.902. The molecule has 2 aromatic heterocycles. The zero-order valence-electron chi connectivity index (χ0n) is 11.7. The van der Waals surface area contributed by atoms with Crippen LogP contribution in [0, 0.1) is 6.92 Å². The maximum Gasteiger partial charge on any atom is 0.338 e. The summed E-state index contributed by atoms with van der Waals surface area (Å²) in [6.07, 6.45) is 1.68. The van der Waals surface area contributed by atoms with Gasteiger partial charge in [-0.05, 0) is 45.1 Å². The van der Waals surface area contributed by atoms with Crippen molar-refractivity contribution in [2.75, 3.05) is 13.6 Å². The Hall–Kier alpha value is -1.88. The van der Waals surface area contributed by atoms with Gasteiger partial charge in [0.25, 0.3) is 0 Å². The lowest BCUT2D eigenvalue weighted by molar-refractivity contribution is 0.0698. The average Bonchev–Trinajstić information content (AvgIpc) is 2.69. The fourth-order valence-electron chi connectivity index (χ4n) is 2.48. The van der Waals surface area contributed by atoms with Crippen LogP contribution < -0.4 is 0 Å². The quantitative estimate of drug-likeness (QED) is 0.918. The molecular weight excluding hydrogens is 242 g/mol. The number of carbonyl (C=O) groups is 1. The van der Waals surface area contributed by atoms with Crippen LogP contribution in [0.2, 0.25) is 0 Å². The van der Waals surface area contributed by atoms with Crippen molar-refractivity contribution in [1.29, 1.82) is 0 Å². The van der Waals surface area contributed by atoms with Gasteiger partial charge in [-0.2, -0.15) is 5.10 Å². The smallest absolute Gasteiger partial charge is 0.338 e. The molecule has 1 atom stereocenters. The summed E-state index contributed by atoms with van der Waals surface area (Å²) in [6.45, 7) is 6.89. The molecule has 1 unspecified atom stereocenters. The van der Waals surface area contributed by atoms with Crippen molar-refractivity contribution in [3.05, 3.63) is 35.2 Å². The summed E-state index contributed by atoms with van der Waals surface area (Å²) in [4.78, 5) is 13.6. The molecule has 102 valence electrons. The minimum absolute atomic E-state index is 0.112. The van der Waals surface area contributed by atoms with Gasteiger partial charge in [0, 0.05) is 12.2 Å². The minimum Gasteiger partial charge on any atom is -0.478 e. The summed E-state index contributed by atoms with van der Waals surface area (Å²) in [5.41, 5.74) is 2.73. The molecule has 0 radical (unpaired) electrons. The molecule has 5 nitrogen and oxygen atoms in total. The first kappa shape index (κ1) is 13.5. The Morgan fingerprint density at radius 1 is 1.58 bits per heavy atom. The maximum atomic E-state index is 11.5. The van der Waals surface area contributed by atoms with Crippen LogP contribution in [0.5, 0.6) is 0 Å². The van der Waals surface area contributed by atoms with E-state index in [1.807, 2.05) is 14.0 Å². The van der Waals surface area contributed by atoms with E-state index in [0.717, 1.165) is 17.8 Å². The Morgan fingerprint density at radius 2 is 2.26 bits per heavy atom. The van der Waals surface area contributed by atoms with E-state index >= 15 is 0 Å².